The number of halogens is 1. The molecule has 19 heavy (non-hydrogen) atoms. The quantitative estimate of drug-likeness (QED) is 0.908. The Morgan fingerprint density at radius 1 is 1.26 bits per heavy atom. The van der Waals surface area contributed by atoms with Gasteiger partial charge in [0, 0.05) is 36.2 Å². The van der Waals surface area contributed by atoms with Gasteiger partial charge in [0.05, 0.1) is 0 Å². The highest BCUT2D eigenvalue weighted by atomic mass is 79.9. The van der Waals surface area contributed by atoms with Crippen LogP contribution in [0.4, 0.5) is 4.79 Å². The molecule has 1 aromatic rings. The Balaban J connectivity index is 2.00. The number of piperazine rings is 1. The van der Waals surface area contributed by atoms with Crippen molar-refractivity contribution in [1.29, 1.82) is 0 Å². The molecule has 0 saturated carbocycles. The minimum Gasteiger partial charge on any atom is -0.465 e. The molecule has 1 heterocycles. The summed E-state index contributed by atoms with van der Waals surface area (Å²) in [5, 5.41) is 9.19. The average molecular weight is 327 g/mol. The highest BCUT2D eigenvalue weighted by Gasteiger charge is 2.32. The first-order valence-electron chi connectivity index (χ1n) is 6.45. The first-order chi connectivity index (χ1) is 8.97. The molecule has 0 aromatic heterocycles. The normalized spacial score (nSPS) is 24.5. The lowest BCUT2D eigenvalue weighted by atomic mass is 10.1. The van der Waals surface area contributed by atoms with E-state index in [4.69, 9.17) is 0 Å². The molecule has 1 aliphatic heterocycles. The zero-order chi connectivity index (χ0) is 14.0. The van der Waals surface area contributed by atoms with Crippen molar-refractivity contribution < 1.29 is 9.90 Å². The Bertz CT molecular complexity index is 437. The molecule has 2 rings (SSSR count). The summed E-state index contributed by atoms with van der Waals surface area (Å²) < 4.78 is 1.08. The molecule has 1 N–H and O–H groups in total. The third kappa shape index (κ3) is 3.48. The maximum absolute atomic E-state index is 11.2. The van der Waals surface area contributed by atoms with E-state index in [1.807, 2.05) is 26.0 Å². The lowest BCUT2D eigenvalue weighted by Gasteiger charge is -2.42. The van der Waals surface area contributed by atoms with Gasteiger partial charge < -0.3 is 10.0 Å². The summed E-state index contributed by atoms with van der Waals surface area (Å²) in [6, 6.07) is 8.35. The van der Waals surface area contributed by atoms with Crippen molar-refractivity contribution in [3.63, 3.8) is 0 Å². The van der Waals surface area contributed by atoms with Crippen LogP contribution in [0.25, 0.3) is 0 Å². The van der Waals surface area contributed by atoms with Crippen LogP contribution in [0.5, 0.6) is 0 Å². The van der Waals surface area contributed by atoms with Crippen LogP contribution < -0.4 is 0 Å². The topological polar surface area (TPSA) is 43.8 Å². The summed E-state index contributed by atoms with van der Waals surface area (Å²) in [5.74, 6) is 0. The van der Waals surface area contributed by atoms with Crippen LogP contribution in [0.15, 0.2) is 28.7 Å². The van der Waals surface area contributed by atoms with Gasteiger partial charge in [-0.1, -0.05) is 28.1 Å². The van der Waals surface area contributed by atoms with Gasteiger partial charge in [-0.05, 0) is 31.5 Å². The average Bonchev–Trinajstić information content (AvgIpc) is 2.30. The first-order valence-corrected chi connectivity index (χ1v) is 7.24. The molecule has 1 saturated heterocycles. The van der Waals surface area contributed by atoms with E-state index >= 15 is 0 Å². The standard InChI is InChI=1S/C14H19BrN2O2/c1-10-7-16(8-11(2)17(10)14(18)19)9-12-3-5-13(15)6-4-12/h3-6,10-11H,7-9H2,1-2H3,(H,18,19). The minimum absolute atomic E-state index is 0.0386. The number of rotatable bonds is 2. The molecule has 0 radical (unpaired) electrons. The second-order valence-electron chi connectivity index (χ2n) is 5.21. The van der Waals surface area contributed by atoms with Gasteiger partial charge >= 0.3 is 6.09 Å². The van der Waals surface area contributed by atoms with Crippen LogP contribution in [0.3, 0.4) is 0 Å². The number of carbonyl (C=O) groups is 1. The van der Waals surface area contributed by atoms with Gasteiger partial charge in [-0.3, -0.25) is 4.90 Å². The molecule has 1 aliphatic rings. The summed E-state index contributed by atoms with van der Waals surface area (Å²) in [6.45, 7) is 6.38. The van der Waals surface area contributed by atoms with Crippen molar-refractivity contribution >= 4 is 22.0 Å². The highest BCUT2D eigenvalue weighted by Crippen LogP contribution is 2.19. The molecule has 1 amide bonds. The van der Waals surface area contributed by atoms with Crippen molar-refractivity contribution in [2.45, 2.75) is 32.5 Å². The molecule has 2 unspecified atom stereocenters. The van der Waals surface area contributed by atoms with E-state index in [2.05, 4.69) is 33.0 Å². The van der Waals surface area contributed by atoms with E-state index in [1.165, 1.54) is 5.56 Å². The zero-order valence-corrected chi connectivity index (χ0v) is 12.8. The van der Waals surface area contributed by atoms with E-state index in [9.17, 15) is 9.90 Å². The lowest BCUT2D eigenvalue weighted by molar-refractivity contribution is 0.0381. The van der Waals surface area contributed by atoms with Crippen molar-refractivity contribution in [1.82, 2.24) is 9.80 Å². The van der Waals surface area contributed by atoms with E-state index in [0.29, 0.717) is 0 Å². The van der Waals surface area contributed by atoms with Gasteiger partial charge in [0.1, 0.15) is 0 Å². The summed E-state index contributed by atoms with van der Waals surface area (Å²) in [7, 11) is 0. The highest BCUT2D eigenvalue weighted by molar-refractivity contribution is 9.10. The molecule has 2 atom stereocenters. The fraction of sp³-hybridized carbons (Fsp3) is 0.500. The number of carboxylic acid groups (broad SMARTS) is 1. The Kier molecular flexibility index (Phi) is 4.47. The van der Waals surface area contributed by atoms with Crippen LogP contribution in [0, 0.1) is 0 Å². The van der Waals surface area contributed by atoms with E-state index in [0.717, 1.165) is 24.1 Å². The molecule has 0 bridgehead atoms. The molecule has 4 nitrogen and oxygen atoms in total. The second kappa shape index (κ2) is 5.92. The minimum atomic E-state index is -0.816. The fourth-order valence-corrected chi connectivity index (χ4v) is 3.05. The summed E-state index contributed by atoms with van der Waals surface area (Å²) in [4.78, 5) is 15.1. The molecule has 5 heteroatoms. The van der Waals surface area contributed by atoms with E-state index in [-0.39, 0.29) is 12.1 Å². The molecule has 0 aliphatic carbocycles. The van der Waals surface area contributed by atoms with E-state index in [1.54, 1.807) is 4.90 Å². The Hall–Kier alpha value is -1.07. The maximum Gasteiger partial charge on any atom is 0.407 e. The lowest BCUT2D eigenvalue weighted by Crippen LogP contribution is -2.57. The largest absolute Gasteiger partial charge is 0.465 e. The molecule has 1 aromatic carbocycles. The third-order valence-electron chi connectivity index (χ3n) is 3.53. The Labute approximate surface area is 122 Å². The molecule has 104 valence electrons. The summed E-state index contributed by atoms with van der Waals surface area (Å²) in [6.07, 6.45) is -0.816. The van der Waals surface area contributed by atoms with E-state index < -0.39 is 6.09 Å². The van der Waals surface area contributed by atoms with Crippen LogP contribution in [0.2, 0.25) is 0 Å². The second-order valence-corrected chi connectivity index (χ2v) is 6.12. The van der Waals surface area contributed by atoms with Gasteiger partial charge in [-0.25, -0.2) is 4.79 Å². The SMILES string of the molecule is CC1CN(Cc2ccc(Br)cc2)CC(C)N1C(=O)O. The molecular weight excluding hydrogens is 308 g/mol. The fourth-order valence-electron chi connectivity index (χ4n) is 2.79. The monoisotopic (exact) mass is 326 g/mol. The maximum atomic E-state index is 11.2. The number of amides is 1. The number of nitrogens with zero attached hydrogens (tertiary/aromatic N) is 2. The number of benzene rings is 1. The summed E-state index contributed by atoms with van der Waals surface area (Å²) >= 11 is 3.43. The number of hydrogen-bond donors (Lipinski definition) is 1. The Morgan fingerprint density at radius 3 is 2.26 bits per heavy atom. The van der Waals surface area contributed by atoms with Crippen molar-refractivity contribution in [3.05, 3.63) is 34.3 Å². The van der Waals surface area contributed by atoms with Crippen LogP contribution in [-0.4, -0.2) is 46.2 Å². The third-order valence-corrected chi connectivity index (χ3v) is 4.06. The van der Waals surface area contributed by atoms with Gasteiger partial charge in [0.15, 0.2) is 0 Å². The zero-order valence-electron chi connectivity index (χ0n) is 11.2. The molecule has 1 fully saturated rings. The van der Waals surface area contributed by atoms with Gasteiger partial charge in [-0.15, -0.1) is 0 Å². The number of hydrogen-bond acceptors (Lipinski definition) is 2. The first kappa shape index (κ1) is 14.3. The summed E-state index contributed by atoms with van der Waals surface area (Å²) in [5.41, 5.74) is 1.26. The van der Waals surface area contributed by atoms with Crippen molar-refractivity contribution in [3.8, 4) is 0 Å². The molecule has 0 spiro atoms. The van der Waals surface area contributed by atoms with Crippen molar-refractivity contribution in [2.24, 2.45) is 0 Å². The van der Waals surface area contributed by atoms with Gasteiger partial charge in [-0.2, -0.15) is 0 Å². The molecular formula is C14H19BrN2O2. The Morgan fingerprint density at radius 2 is 1.79 bits per heavy atom. The predicted molar refractivity (Wildman–Crippen MR) is 78.2 cm³/mol. The smallest absolute Gasteiger partial charge is 0.407 e. The van der Waals surface area contributed by atoms with Gasteiger partial charge in [0.25, 0.3) is 0 Å². The van der Waals surface area contributed by atoms with Crippen LogP contribution >= 0.6 is 15.9 Å². The van der Waals surface area contributed by atoms with Crippen molar-refractivity contribution in [2.75, 3.05) is 13.1 Å². The predicted octanol–water partition coefficient (Wildman–Crippen LogP) is 3.02. The van der Waals surface area contributed by atoms with Crippen LogP contribution in [-0.2, 0) is 6.54 Å². The van der Waals surface area contributed by atoms with Gasteiger partial charge in [0.2, 0.25) is 0 Å². The van der Waals surface area contributed by atoms with Crippen LogP contribution in [0.1, 0.15) is 19.4 Å².